The molecule has 0 unspecified atom stereocenters. The third-order valence-electron chi connectivity index (χ3n) is 5.66. The SMILES string of the molecule is CCOCOc1cc(Cl)cc(C)c1-c1nnc(N[C@@H]2CCCN(C)C2)c2ccccc12. The predicted molar refractivity (Wildman–Crippen MR) is 126 cm³/mol. The van der Waals surface area contributed by atoms with Crippen LogP contribution in [0, 0.1) is 6.92 Å². The molecule has 2 aromatic carbocycles. The first-order chi connectivity index (χ1) is 15.1. The van der Waals surface area contributed by atoms with Gasteiger partial charge in [0.15, 0.2) is 12.6 Å². The number of halogens is 1. The Morgan fingerprint density at radius 2 is 2.00 bits per heavy atom. The molecule has 4 rings (SSSR count). The monoisotopic (exact) mass is 440 g/mol. The second-order valence-corrected chi connectivity index (χ2v) is 8.48. The molecule has 1 saturated heterocycles. The number of hydrogen-bond donors (Lipinski definition) is 1. The first kappa shape index (κ1) is 21.8. The fourth-order valence-corrected chi connectivity index (χ4v) is 4.45. The van der Waals surface area contributed by atoms with Crippen molar-refractivity contribution in [2.75, 3.05) is 38.9 Å². The molecule has 6 nitrogen and oxygen atoms in total. The minimum Gasteiger partial charge on any atom is -0.467 e. The summed E-state index contributed by atoms with van der Waals surface area (Å²) in [6.07, 6.45) is 2.32. The fourth-order valence-electron chi connectivity index (χ4n) is 4.19. The van der Waals surface area contributed by atoms with E-state index in [-0.39, 0.29) is 6.79 Å². The topological polar surface area (TPSA) is 59.5 Å². The first-order valence-corrected chi connectivity index (χ1v) is 11.2. The van der Waals surface area contributed by atoms with Gasteiger partial charge in [-0.25, -0.2) is 0 Å². The number of anilines is 1. The number of nitrogens with one attached hydrogen (secondary N) is 1. The Labute approximate surface area is 188 Å². The smallest absolute Gasteiger partial charge is 0.189 e. The molecule has 0 radical (unpaired) electrons. The summed E-state index contributed by atoms with van der Waals surface area (Å²) in [6.45, 7) is 6.82. The van der Waals surface area contributed by atoms with Gasteiger partial charge in [0.25, 0.3) is 0 Å². The maximum Gasteiger partial charge on any atom is 0.189 e. The normalized spacial score (nSPS) is 17.1. The average molecular weight is 441 g/mol. The van der Waals surface area contributed by atoms with Gasteiger partial charge in [-0.15, -0.1) is 10.2 Å². The van der Waals surface area contributed by atoms with Crippen molar-refractivity contribution in [2.24, 2.45) is 0 Å². The number of aromatic nitrogens is 2. The van der Waals surface area contributed by atoms with E-state index in [0.29, 0.717) is 23.4 Å². The summed E-state index contributed by atoms with van der Waals surface area (Å²) in [5, 5.41) is 15.6. The predicted octanol–water partition coefficient (Wildman–Crippen LogP) is 5.14. The lowest BCUT2D eigenvalue weighted by atomic mass is 9.99. The highest BCUT2D eigenvalue weighted by Crippen LogP contribution is 2.39. The number of likely N-dealkylation sites (tertiary alicyclic amines) is 1. The van der Waals surface area contributed by atoms with Crippen molar-refractivity contribution in [1.29, 1.82) is 0 Å². The molecule has 164 valence electrons. The summed E-state index contributed by atoms with van der Waals surface area (Å²) in [5.41, 5.74) is 2.65. The van der Waals surface area contributed by atoms with Crippen molar-refractivity contribution < 1.29 is 9.47 Å². The number of hydrogen-bond acceptors (Lipinski definition) is 6. The number of piperidine rings is 1. The lowest BCUT2D eigenvalue weighted by Crippen LogP contribution is -2.40. The molecule has 0 spiro atoms. The van der Waals surface area contributed by atoms with Crippen molar-refractivity contribution >= 4 is 28.2 Å². The number of nitrogens with zero attached hydrogens (tertiary/aromatic N) is 3. The molecular weight excluding hydrogens is 412 g/mol. The second-order valence-electron chi connectivity index (χ2n) is 8.04. The van der Waals surface area contributed by atoms with Crippen LogP contribution in [0.5, 0.6) is 5.75 Å². The average Bonchev–Trinajstić information content (AvgIpc) is 2.75. The van der Waals surface area contributed by atoms with E-state index in [2.05, 4.69) is 39.6 Å². The van der Waals surface area contributed by atoms with Crippen molar-refractivity contribution in [1.82, 2.24) is 15.1 Å². The molecule has 3 aromatic rings. The molecule has 0 bridgehead atoms. The van der Waals surface area contributed by atoms with Gasteiger partial charge in [-0.1, -0.05) is 35.9 Å². The van der Waals surface area contributed by atoms with Crippen molar-refractivity contribution in [3.8, 4) is 17.0 Å². The number of benzene rings is 2. The van der Waals surface area contributed by atoms with E-state index >= 15 is 0 Å². The van der Waals surface area contributed by atoms with E-state index in [4.69, 9.17) is 21.1 Å². The summed E-state index contributed by atoms with van der Waals surface area (Å²) in [4.78, 5) is 2.35. The molecular formula is C24H29ClN4O2. The molecule has 7 heteroatoms. The van der Waals surface area contributed by atoms with Crippen LogP contribution in [0.4, 0.5) is 5.82 Å². The third-order valence-corrected chi connectivity index (χ3v) is 5.87. The zero-order chi connectivity index (χ0) is 21.8. The molecule has 1 atom stereocenters. The van der Waals surface area contributed by atoms with Gasteiger partial charge in [0.05, 0.1) is 0 Å². The minimum absolute atomic E-state index is 0.156. The van der Waals surface area contributed by atoms with Crippen LogP contribution in [0.3, 0.4) is 0 Å². The lowest BCUT2D eigenvalue weighted by Gasteiger charge is -2.30. The molecule has 31 heavy (non-hydrogen) atoms. The van der Waals surface area contributed by atoms with E-state index in [9.17, 15) is 0 Å². The summed E-state index contributed by atoms with van der Waals surface area (Å²) >= 11 is 6.32. The lowest BCUT2D eigenvalue weighted by molar-refractivity contribution is 0.0227. The first-order valence-electron chi connectivity index (χ1n) is 10.8. The van der Waals surface area contributed by atoms with Crippen LogP contribution >= 0.6 is 11.6 Å². The van der Waals surface area contributed by atoms with Crippen LogP contribution in [0.1, 0.15) is 25.3 Å². The van der Waals surface area contributed by atoms with Gasteiger partial charge in [-0.3, -0.25) is 0 Å². The van der Waals surface area contributed by atoms with Crippen LogP contribution in [0.15, 0.2) is 36.4 Å². The van der Waals surface area contributed by atoms with Crippen LogP contribution in [-0.2, 0) is 4.74 Å². The minimum atomic E-state index is 0.156. The second kappa shape index (κ2) is 9.81. The molecule has 0 aliphatic carbocycles. The van der Waals surface area contributed by atoms with E-state index < -0.39 is 0 Å². The van der Waals surface area contributed by atoms with Crippen LogP contribution in [0.2, 0.25) is 5.02 Å². The number of aryl methyl sites for hydroxylation is 1. The molecule has 2 heterocycles. The van der Waals surface area contributed by atoms with Gasteiger partial charge in [0, 0.05) is 40.6 Å². The van der Waals surface area contributed by atoms with Crippen molar-refractivity contribution in [2.45, 2.75) is 32.7 Å². The number of likely N-dealkylation sites (N-methyl/N-ethyl adjacent to an activating group) is 1. The highest BCUT2D eigenvalue weighted by atomic mass is 35.5. The van der Waals surface area contributed by atoms with Gasteiger partial charge in [0.1, 0.15) is 11.4 Å². The molecule has 1 aromatic heterocycles. The molecule has 1 fully saturated rings. The number of ether oxygens (including phenoxy) is 2. The number of rotatable bonds is 7. The molecule has 1 N–H and O–H groups in total. The van der Waals surface area contributed by atoms with Gasteiger partial charge in [0.2, 0.25) is 0 Å². The highest BCUT2D eigenvalue weighted by molar-refractivity contribution is 6.31. The summed E-state index contributed by atoms with van der Waals surface area (Å²) in [5.74, 6) is 1.47. The van der Waals surface area contributed by atoms with Crippen molar-refractivity contribution in [3.63, 3.8) is 0 Å². The third kappa shape index (κ3) is 4.92. The van der Waals surface area contributed by atoms with Gasteiger partial charge in [-0.2, -0.15) is 0 Å². The van der Waals surface area contributed by atoms with Crippen LogP contribution in [0.25, 0.3) is 22.0 Å². The Hall–Kier alpha value is -2.41. The van der Waals surface area contributed by atoms with Crippen LogP contribution in [-0.4, -0.2) is 54.7 Å². The highest BCUT2D eigenvalue weighted by Gasteiger charge is 2.21. The Balaban J connectivity index is 1.76. The maximum atomic E-state index is 6.32. The Kier molecular flexibility index (Phi) is 6.90. The van der Waals surface area contributed by atoms with Gasteiger partial charge < -0.3 is 19.7 Å². The van der Waals surface area contributed by atoms with E-state index in [1.807, 2.05) is 38.1 Å². The van der Waals surface area contributed by atoms with Gasteiger partial charge >= 0.3 is 0 Å². The molecule has 1 aliphatic heterocycles. The van der Waals surface area contributed by atoms with Crippen molar-refractivity contribution in [3.05, 3.63) is 47.0 Å². The van der Waals surface area contributed by atoms with E-state index in [1.54, 1.807) is 0 Å². The van der Waals surface area contributed by atoms with Crippen LogP contribution < -0.4 is 10.1 Å². The quantitative estimate of drug-likeness (QED) is 0.405. The molecule has 0 amide bonds. The van der Waals surface area contributed by atoms with Gasteiger partial charge in [-0.05, 0) is 58.0 Å². The summed E-state index contributed by atoms with van der Waals surface area (Å²) in [6, 6.07) is 12.3. The zero-order valence-electron chi connectivity index (χ0n) is 18.3. The molecule has 0 saturated carbocycles. The molecule has 1 aliphatic rings. The largest absolute Gasteiger partial charge is 0.467 e. The Bertz CT molecular complexity index is 1060. The van der Waals surface area contributed by atoms with E-state index in [1.165, 1.54) is 6.42 Å². The standard InChI is InChI=1S/C24H29ClN4O2/c1-4-30-15-31-21-13-17(25)12-16(2)22(21)23-19-9-5-6-10-20(19)24(28-27-23)26-18-8-7-11-29(3)14-18/h5-6,9-10,12-13,18H,4,7-8,11,14-15H2,1-3H3,(H,26,28)/t18-/m1/s1. The van der Waals surface area contributed by atoms with E-state index in [0.717, 1.165) is 52.9 Å². The summed E-state index contributed by atoms with van der Waals surface area (Å²) in [7, 11) is 2.16. The number of fused-ring (bicyclic) bond motifs is 1. The zero-order valence-corrected chi connectivity index (χ0v) is 19.1. The Morgan fingerprint density at radius 1 is 1.19 bits per heavy atom. The summed E-state index contributed by atoms with van der Waals surface area (Å²) < 4.78 is 11.3. The maximum absolute atomic E-state index is 6.32. The Morgan fingerprint density at radius 3 is 2.77 bits per heavy atom. The fraction of sp³-hybridized carbons (Fsp3) is 0.417.